The zero-order chi connectivity index (χ0) is 20.4. The lowest BCUT2D eigenvalue weighted by molar-refractivity contribution is -0.194. The molecule has 0 radical (unpaired) electrons. The Morgan fingerprint density at radius 3 is 2.54 bits per heavy atom. The molecule has 0 bridgehead atoms. The minimum absolute atomic E-state index is 0.161. The number of nitrogens with one attached hydrogen (secondary N) is 1. The third-order valence-corrected chi connectivity index (χ3v) is 6.17. The van der Waals surface area contributed by atoms with Gasteiger partial charge in [0.1, 0.15) is 5.54 Å². The maximum Gasteiger partial charge on any atom is 0.330 e. The summed E-state index contributed by atoms with van der Waals surface area (Å²) < 4.78 is 5.64. The van der Waals surface area contributed by atoms with Crippen LogP contribution >= 0.6 is 0 Å². The number of carbonyl (C=O) groups is 2. The largest absolute Gasteiger partial charge is 0.479 e. The smallest absolute Gasteiger partial charge is 0.330 e. The fraction of sp³-hybridized carbons (Fsp3) is 0.478. The standard InChI is InChI=1S/C23H29NO4/c1-4-28-19-15-23(21(26)27,22(19,2)3)24-20(25)11-7-8-16-12-13-17-9-5-6-10-18(17)14-16/h5-6,9-10,12-14,19H,4,7-8,11,15H2,1-3H3,(H,24,25)(H,26,27). The molecule has 2 aromatic carbocycles. The molecule has 0 heterocycles. The van der Waals surface area contributed by atoms with Crippen LogP contribution < -0.4 is 5.32 Å². The van der Waals surface area contributed by atoms with Crippen LogP contribution in [0.5, 0.6) is 0 Å². The number of ether oxygens (including phenoxy) is 1. The van der Waals surface area contributed by atoms with Gasteiger partial charge in [0.2, 0.25) is 5.91 Å². The number of aliphatic carboxylic acids is 1. The van der Waals surface area contributed by atoms with E-state index < -0.39 is 16.9 Å². The van der Waals surface area contributed by atoms with Gasteiger partial charge in [-0.1, -0.05) is 56.3 Å². The second-order valence-electron chi connectivity index (χ2n) is 8.16. The van der Waals surface area contributed by atoms with Gasteiger partial charge in [-0.25, -0.2) is 4.79 Å². The number of hydrogen-bond donors (Lipinski definition) is 2. The van der Waals surface area contributed by atoms with Gasteiger partial charge in [-0.3, -0.25) is 4.79 Å². The Bertz CT molecular complexity index is 876. The van der Waals surface area contributed by atoms with Crippen molar-refractivity contribution in [2.45, 2.75) is 58.1 Å². The van der Waals surface area contributed by atoms with E-state index in [0.29, 0.717) is 25.9 Å². The number of carboxylic acids is 1. The summed E-state index contributed by atoms with van der Waals surface area (Å²) in [5.41, 5.74) is -0.727. The Balaban J connectivity index is 1.57. The quantitative estimate of drug-likeness (QED) is 0.724. The van der Waals surface area contributed by atoms with Crippen molar-refractivity contribution in [2.24, 2.45) is 5.41 Å². The molecule has 1 amide bonds. The number of aryl methyl sites for hydroxylation is 1. The van der Waals surface area contributed by atoms with Crippen molar-refractivity contribution in [1.29, 1.82) is 0 Å². The molecule has 2 aromatic rings. The Labute approximate surface area is 166 Å². The van der Waals surface area contributed by atoms with Crippen LogP contribution in [-0.2, 0) is 20.7 Å². The van der Waals surface area contributed by atoms with Crippen LogP contribution in [-0.4, -0.2) is 35.2 Å². The normalized spacial score (nSPS) is 23.2. The molecule has 0 aromatic heterocycles. The van der Waals surface area contributed by atoms with E-state index in [4.69, 9.17) is 4.74 Å². The SMILES string of the molecule is CCOC1CC(NC(=O)CCCc2ccc3ccccc3c2)(C(=O)O)C1(C)C. The van der Waals surface area contributed by atoms with E-state index in [-0.39, 0.29) is 12.0 Å². The minimum Gasteiger partial charge on any atom is -0.479 e. The van der Waals surface area contributed by atoms with Crippen molar-refractivity contribution >= 4 is 22.6 Å². The Kier molecular flexibility index (Phi) is 5.75. The van der Waals surface area contributed by atoms with Crippen molar-refractivity contribution in [3.05, 3.63) is 48.0 Å². The number of rotatable bonds is 8. The summed E-state index contributed by atoms with van der Waals surface area (Å²) in [5, 5.41) is 15.0. The number of carboxylic acid groups (broad SMARTS) is 1. The maximum absolute atomic E-state index is 12.5. The fourth-order valence-corrected chi connectivity index (χ4v) is 4.18. The minimum atomic E-state index is -1.26. The fourth-order valence-electron chi connectivity index (χ4n) is 4.18. The van der Waals surface area contributed by atoms with Crippen molar-refractivity contribution in [2.75, 3.05) is 6.61 Å². The predicted molar refractivity (Wildman–Crippen MR) is 109 cm³/mol. The van der Waals surface area contributed by atoms with Gasteiger partial charge >= 0.3 is 5.97 Å². The first kappa shape index (κ1) is 20.3. The Hall–Kier alpha value is -2.40. The summed E-state index contributed by atoms with van der Waals surface area (Å²) >= 11 is 0. The highest BCUT2D eigenvalue weighted by Gasteiger charge is 2.66. The van der Waals surface area contributed by atoms with Crippen LogP contribution in [0.4, 0.5) is 0 Å². The molecule has 150 valence electrons. The lowest BCUT2D eigenvalue weighted by Gasteiger charge is -2.58. The van der Waals surface area contributed by atoms with E-state index in [1.807, 2.05) is 32.9 Å². The van der Waals surface area contributed by atoms with Crippen molar-refractivity contribution < 1.29 is 19.4 Å². The zero-order valence-electron chi connectivity index (χ0n) is 16.8. The summed E-state index contributed by atoms with van der Waals surface area (Å²) in [7, 11) is 0. The Morgan fingerprint density at radius 1 is 1.18 bits per heavy atom. The number of fused-ring (bicyclic) bond motifs is 1. The highest BCUT2D eigenvalue weighted by atomic mass is 16.5. The van der Waals surface area contributed by atoms with E-state index in [1.54, 1.807) is 0 Å². The zero-order valence-corrected chi connectivity index (χ0v) is 16.8. The van der Waals surface area contributed by atoms with Gasteiger partial charge in [0.25, 0.3) is 0 Å². The number of hydrogen-bond acceptors (Lipinski definition) is 3. The average molecular weight is 383 g/mol. The monoisotopic (exact) mass is 383 g/mol. The maximum atomic E-state index is 12.5. The third kappa shape index (κ3) is 3.63. The van der Waals surface area contributed by atoms with Crippen molar-refractivity contribution in [3.63, 3.8) is 0 Å². The van der Waals surface area contributed by atoms with E-state index in [2.05, 4.69) is 35.6 Å². The topological polar surface area (TPSA) is 75.6 Å². The number of amides is 1. The van der Waals surface area contributed by atoms with E-state index in [0.717, 1.165) is 6.42 Å². The molecule has 28 heavy (non-hydrogen) atoms. The molecule has 1 saturated carbocycles. The van der Waals surface area contributed by atoms with Gasteiger partial charge in [-0.15, -0.1) is 0 Å². The molecule has 0 aliphatic heterocycles. The summed E-state index contributed by atoms with van der Waals surface area (Å²) in [6, 6.07) is 14.5. The van der Waals surface area contributed by atoms with Gasteiger partial charge in [0.05, 0.1) is 6.10 Å². The molecule has 5 heteroatoms. The first-order chi connectivity index (χ1) is 13.3. The molecule has 1 aliphatic rings. The Morgan fingerprint density at radius 2 is 1.89 bits per heavy atom. The van der Waals surface area contributed by atoms with E-state index >= 15 is 0 Å². The highest BCUT2D eigenvalue weighted by Crippen LogP contribution is 2.51. The summed E-state index contributed by atoms with van der Waals surface area (Å²) in [4.78, 5) is 24.4. The van der Waals surface area contributed by atoms with Crippen LogP contribution in [0.2, 0.25) is 0 Å². The molecular formula is C23H29NO4. The highest BCUT2D eigenvalue weighted by molar-refractivity contribution is 5.89. The van der Waals surface area contributed by atoms with Gasteiger partial charge in [0, 0.05) is 24.9 Å². The number of carbonyl (C=O) groups excluding carboxylic acids is 1. The molecular weight excluding hydrogens is 354 g/mol. The summed E-state index contributed by atoms with van der Waals surface area (Å²) in [6.45, 7) is 6.12. The molecule has 2 unspecified atom stereocenters. The lowest BCUT2D eigenvalue weighted by atomic mass is 9.54. The van der Waals surface area contributed by atoms with Crippen molar-refractivity contribution in [1.82, 2.24) is 5.32 Å². The second-order valence-corrected chi connectivity index (χ2v) is 8.16. The first-order valence-electron chi connectivity index (χ1n) is 9.94. The third-order valence-electron chi connectivity index (χ3n) is 6.17. The van der Waals surface area contributed by atoms with E-state index in [1.165, 1.54) is 16.3 Å². The predicted octanol–water partition coefficient (Wildman–Crippen LogP) is 3.94. The lowest BCUT2D eigenvalue weighted by Crippen LogP contribution is -2.76. The molecule has 0 spiro atoms. The van der Waals surface area contributed by atoms with Crippen LogP contribution in [0.1, 0.15) is 45.6 Å². The van der Waals surface area contributed by atoms with Gasteiger partial charge < -0.3 is 15.2 Å². The van der Waals surface area contributed by atoms with E-state index in [9.17, 15) is 14.7 Å². The van der Waals surface area contributed by atoms with Gasteiger partial charge in [-0.2, -0.15) is 0 Å². The average Bonchev–Trinajstić information content (AvgIpc) is 2.66. The van der Waals surface area contributed by atoms with Crippen molar-refractivity contribution in [3.8, 4) is 0 Å². The first-order valence-corrected chi connectivity index (χ1v) is 9.94. The summed E-state index contributed by atoms with van der Waals surface area (Å²) in [6.07, 6.45) is 1.90. The molecule has 3 rings (SSSR count). The molecule has 1 aliphatic carbocycles. The van der Waals surface area contributed by atoms with Crippen LogP contribution in [0.25, 0.3) is 10.8 Å². The molecule has 5 nitrogen and oxygen atoms in total. The number of benzene rings is 2. The van der Waals surface area contributed by atoms with Crippen LogP contribution in [0, 0.1) is 5.41 Å². The van der Waals surface area contributed by atoms with Gasteiger partial charge in [-0.05, 0) is 36.1 Å². The van der Waals surface area contributed by atoms with Gasteiger partial charge in [0.15, 0.2) is 0 Å². The van der Waals surface area contributed by atoms with Crippen LogP contribution in [0.15, 0.2) is 42.5 Å². The van der Waals surface area contributed by atoms with Crippen LogP contribution in [0.3, 0.4) is 0 Å². The second kappa shape index (κ2) is 7.92. The summed E-state index contributed by atoms with van der Waals surface area (Å²) in [5.74, 6) is -1.21. The molecule has 0 saturated heterocycles. The molecule has 1 fully saturated rings. The molecule has 2 atom stereocenters. The molecule has 2 N–H and O–H groups in total.